The largest absolute Gasteiger partial charge is 0.324 e. The van der Waals surface area contributed by atoms with E-state index in [9.17, 15) is 4.79 Å². The second-order valence-electron chi connectivity index (χ2n) is 2.15. The van der Waals surface area contributed by atoms with Crippen molar-refractivity contribution in [2.75, 3.05) is 5.32 Å². The van der Waals surface area contributed by atoms with Crippen LogP contribution in [0.5, 0.6) is 0 Å². The molecule has 1 N–H and O–H groups in total. The van der Waals surface area contributed by atoms with Crippen molar-refractivity contribution in [2.24, 2.45) is 0 Å². The molecule has 0 aliphatic carbocycles. The molecule has 12 heavy (non-hydrogen) atoms. The molecule has 0 aliphatic heterocycles. The summed E-state index contributed by atoms with van der Waals surface area (Å²) in [7, 11) is 0. The zero-order valence-corrected chi connectivity index (χ0v) is 7.78. The van der Waals surface area contributed by atoms with Crippen molar-refractivity contribution in [3.63, 3.8) is 0 Å². The van der Waals surface area contributed by atoms with Gasteiger partial charge in [0.25, 0.3) is 0 Å². The number of carbonyl (C=O) groups is 1. The summed E-state index contributed by atoms with van der Waals surface area (Å²) >= 11 is 11.2. The molecule has 1 rings (SSSR count). The average molecular weight is 205 g/mol. The first-order valence-electron chi connectivity index (χ1n) is 3.19. The number of nitrogens with one attached hydrogen (secondary N) is 1. The molecule has 0 saturated carbocycles. The fourth-order valence-electron chi connectivity index (χ4n) is 0.695. The lowest BCUT2D eigenvalue weighted by atomic mass is 10.4. The molecular weight excluding hydrogens is 199 g/mol. The molecule has 0 unspecified atom stereocenters. The van der Waals surface area contributed by atoms with Gasteiger partial charge >= 0.3 is 0 Å². The third-order valence-corrected chi connectivity index (χ3v) is 1.62. The van der Waals surface area contributed by atoms with E-state index in [0.29, 0.717) is 10.8 Å². The Morgan fingerprint density at radius 3 is 2.67 bits per heavy atom. The van der Waals surface area contributed by atoms with Gasteiger partial charge in [-0.25, -0.2) is 4.98 Å². The van der Waals surface area contributed by atoms with Crippen molar-refractivity contribution in [2.45, 2.75) is 6.92 Å². The van der Waals surface area contributed by atoms with E-state index in [1.54, 1.807) is 12.1 Å². The van der Waals surface area contributed by atoms with Crippen LogP contribution in [0.15, 0.2) is 12.1 Å². The lowest BCUT2D eigenvalue weighted by Gasteiger charge is -2.02. The van der Waals surface area contributed by atoms with Crippen LogP contribution in [0.3, 0.4) is 0 Å². The van der Waals surface area contributed by atoms with Crippen LogP contribution in [0, 0.1) is 0 Å². The van der Waals surface area contributed by atoms with Gasteiger partial charge in [0.15, 0.2) is 5.15 Å². The Morgan fingerprint density at radius 1 is 1.50 bits per heavy atom. The second-order valence-corrected chi connectivity index (χ2v) is 2.90. The third-order valence-electron chi connectivity index (χ3n) is 1.13. The lowest BCUT2D eigenvalue weighted by molar-refractivity contribution is -0.114. The Bertz CT molecular complexity index is 314. The average Bonchev–Trinajstić information content (AvgIpc) is 1.94. The summed E-state index contributed by atoms with van der Waals surface area (Å²) in [5, 5.41) is 3.00. The number of nitrogens with zero attached hydrogens (tertiary/aromatic N) is 1. The first kappa shape index (κ1) is 9.29. The number of amides is 1. The number of carbonyl (C=O) groups excluding carboxylic acids is 1. The number of hydrogen-bond donors (Lipinski definition) is 1. The Kier molecular flexibility index (Phi) is 2.89. The maximum absolute atomic E-state index is 10.6. The standard InChI is InChI=1S/C7H6Cl2N2O/c1-4(12)10-5-2-3-6(8)11-7(5)9/h2-3H,1H3,(H,10,12). The number of halogens is 2. The van der Waals surface area contributed by atoms with E-state index in [-0.39, 0.29) is 11.1 Å². The van der Waals surface area contributed by atoms with Crippen molar-refractivity contribution in [3.8, 4) is 0 Å². The lowest BCUT2D eigenvalue weighted by Crippen LogP contribution is -2.06. The van der Waals surface area contributed by atoms with E-state index in [1.165, 1.54) is 6.92 Å². The Balaban J connectivity index is 2.93. The second kappa shape index (κ2) is 3.74. The molecule has 1 aromatic rings. The monoisotopic (exact) mass is 204 g/mol. The quantitative estimate of drug-likeness (QED) is 0.715. The molecule has 0 spiro atoms. The van der Waals surface area contributed by atoms with Crippen molar-refractivity contribution in [3.05, 3.63) is 22.4 Å². The first-order chi connectivity index (χ1) is 5.59. The number of aromatic nitrogens is 1. The van der Waals surface area contributed by atoms with E-state index in [0.717, 1.165) is 0 Å². The third kappa shape index (κ3) is 2.36. The van der Waals surface area contributed by atoms with Gasteiger partial charge in [-0.05, 0) is 12.1 Å². The molecule has 0 aliphatic rings. The van der Waals surface area contributed by atoms with Gasteiger partial charge in [-0.2, -0.15) is 0 Å². The smallest absolute Gasteiger partial charge is 0.221 e. The van der Waals surface area contributed by atoms with E-state index < -0.39 is 0 Å². The minimum Gasteiger partial charge on any atom is -0.324 e. The highest BCUT2D eigenvalue weighted by Crippen LogP contribution is 2.20. The Hall–Kier alpha value is -0.800. The summed E-state index contributed by atoms with van der Waals surface area (Å²) in [6.07, 6.45) is 0. The molecule has 0 fully saturated rings. The number of pyridine rings is 1. The molecule has 1 amide bonds. The van der Waals surface area contributed by atoms with Gasteiger partial charge in [0.2, 0.25) is 5.91 Å². The van der Waals surface area contributed by atoms with Crippen LogP contribution < -0.4 is 5.32 Å². The molecule has 1 aromatic heterocycles. The van der Waals surface area contributed by atoms with E-state index in [1.807, 2.05) is 0 Å². The predicted molar refractivity (Wildman–Crippen MR) is 48.6 cm³/mol. The van der Waals surface area contributed by atoms with Crippen LogP contribution in [0.25, 0.3) is 0 Å². The van der Waals surface area contributed by atoms with Crippen molar-refractivity contribution < 1.29 is 4.79 Å². The Morgan fingerprint density at radius 2 is 2.17 bits per heavy atom. The zero-order chi connectivity index (χ0) is 9.14. The van der Waals surface area contributed by atoms with Crippen LogP contribution in [0.4, 0.5) is 5.69 Å². The molecule has 64 valence electrons. The number of rotatable bonds is 1. The molecule has 0 radical (unpaired) electrons. The van der Waals surface area contributed by atoms with Gasteiger partial charge in [0.05, 0.1) is 5.69 Å². The minimum atomic E-state index is -0.193. The predicted octanol–water partition coefficient (Wildman–Crippen LogP) is 2.35. The van der Waals surface area contributed by atoms with Crippen LogP contribution in [-0.4, -0.2) is 10.9 Å². The van der Waals surface area contributed by atoms with Gasteiger partial charge in [0, 0.05) is 6.92 Å². The molecule has 0 saturated heterocycles. The summed E-state index contributed by atoms with van der Waals surface area (Å²) in [6.45, 7) is 1.39. The van der Waals surface area contributed by atoms with Crippen LogP contribution >= 0.6 is 23.2 Å². The van der Waals surface area contributed by atoms with Crippen molar-refractivity contribution >= 4 is 34.8 Å². The van der Waals surface area contributed by atoms with Gasteiger partial charge in [-0.3, -0.25) is 4.79 Å². The van der Waals surface area contributed by atoms with Gasteiger partial charge < -0.3 is 5.32 Å². The van der Waals surface area contributed by atoms with E-state index >= 15 is 0 Å². The van der Waals surface area contributed by atoms with Crippen molar-refractivity contribution in [1.29, 1.82) is 0 Å². The molecule has 5 heteroatoms. The van der Waals surface area contributed by atoms with Gasteiger partial charge in [-0.15, -0.1) is 0 Å². The molecule has 0 atom stereocenters. The first-order valence-corrected chi connectivity index (χ1v) is 3.95. The summed E-state index contributed by atoms with van der Waals surface area (Å²) in [6, 6.07) is 3.15. The number of anilines is 1. The topological polar surface area (TPSA) is 42.0 Å². The summed E-state index contributed by atoms with van der Waals surface area (Å²) in [5.74, 6) is -0.193. The summed E-state index contributed by atoms with van der Waals surface area (Å²) < 4.78 is 0. The molecule has 1 heterocycles. The fraction of sp³-hybridized carbons (Fsp3) is 0.143. The summed E-state index contributed by atoms with van der Waals surface area (Å²) in [4.78, 5) is 14.4. The summed E-state index contributed by atoms with van der Waals surface area (Å²) in [5.41, 5.74) is 0.466. The fourth-order valence-corrected chi connectivity index (χ4v) is 1.09. The van der Waals surface area contributed by atoms with Crippen molar-refractivity contribution in [1.82, 2.24) is 4.98 Å². The minimum absolute atomic E-state index is 0.192. The molecule has 0 aromatic carbocycles. The van der Waals surface area contributed by atoms with E-state index in [2.05, 4.69) is 10.3 Å². The highest BCUT2D eigenvalue weighted by molar-refractivity contribution is 6.34. The maximum Gasteiger partial charge on any atom is 0.221 e. The van der Waals surface area contributed by atoms with Crippen LogP contribution in [-0.2, 0) is 4.79 Å². The highest BCUT2D eigenvalue weighted by atomic mass is 35.5. The van der Waals surface area contributed by atoms with Gasteiger partial charge in [-0.1, -0.05) is 23.2 Å². The molecule has 3 nitrogen and oxygen atoms in total. The molecule has 0 bridgehead atoms. The van der Waals surface area contributed by atoms with Crippen LogP contribution in [0.1, 0.15) is 6.92 Å². The number of hydrogen-bond acceptors (Lipinski definition) is 2. The maximum atomic E-state index is 10.6. The van der Waals surface area contributed by atoms with Gasteiger partial charge in [0.1, 0.15) is 5.15 Å². The van der Waals surface area contributed by atoms with Crippen LogP contribution in [0.2, 0.25) is 10.3 Å². The van der Waals surface area contributed by atoms with E-state index in [4.69, 9.17) is 23.2 Å². The highest BCUT2D eigenvalue weighted by Gasteiger charge is 2.02. The Labute approximate surface area is 79.7 Å². The molecular formula is C7H6Cl2N2O. The SMILES string of the molecule is CC(=O)Nc1ccc(Cl)nc1Cl. The zero-order valence-electron chi connectivity index (χ0n) is 6.27. The normalized spacial score (nSPS) is 9.58.